The van der Waals surface area contributed by atoms with E-state index in [0.717, 1.165) is 35.4 Å². The van der Waals surface area contributed by atoms with Crippen molar-refractivity contribution < 1.29 is 19.4 Å². The van der Waals surface area contributed by atoms with Crippen molar-refractivity contribution in [2.75, 3.05) is 29.9 Å². The first-order valence-electron chi connectivity index (χ1n) is 9.59. The largest absolute Gasteiger partial charge is 0.462 e. The number of para-hydroxylation sites is 1. The van der Waals surface area contributed by atoms with Gasteiger partial charge in [-0.3, -0.25) is 4.79 Å². The number of aliphatic hydroxyl groups excluding tert-OH is 1. The summed E-state index contributed by atoms with van der Waals surface area (Å²) in [4.78, 5) is 28.2. The number of carbonyl (C=O) groups excluding carboxylic acids is 2. The van der Waals surface area contributed by atoms with E-state index < -0.39 is 6.10 Å². The lowest BCUT2D eigenvalue weighted by Gasteiger charge is -2.25. The second-order valence-corrected chi connectivity index (χ2v) is 8.00. The molecule has 1 heterocycles. The van der Waals surface area contributed by atoms with Crippen molar-refractivity contribution in [2.45, 2.75) is 39.2 Å². The zero-order valence-electron chi connectivity index (χ0n) is 16.2. The van der Waals surface area contributed by atoms with E-state index in [-0.39, 0.29) is 18.4 Å². The summed E-state index contributed by atoms with van der Waals surface area (Å²) in [6.07, 6.45) is 2.22. The summed E-state index contributed by atoms with van der Waals surface area (Å²) < 4.78 is 5.21. The zero-order chi connectivity index (χ0) is 20.1. The normalized spacial score (nSPS) is 13.7. The molecule has 28 heavy (non-hydrogen) atoms. The van der Waals surface area contributed by atoms with E-state index in [2.05, 4.69) is 5.32 Å². The number of benzene rings is 1. The molecule has 1 aliphatic rings. The van der Waals surface area contributed by atoms with Gasteiger partial charge in [-0.25, -0.2) is 4.79 Å². The average molecular weight is 403 g/mol. The number of hydrogen-bond acceptors (Lipinski definition) is 6. The highest BCUT2D eigenvalue weighted by molar-refractivity contribution is 7.17. The van der Waals surface area contributed by atoms with E-state index in [0.29, 0.717) is 23.7 Å². The first-order valence-corrected chi connectivity index (χ1v) is 10.4. The van der Waals surface area contributed by atoms with Crippen LogP contribution in [0.25, 0.3) is 0 Å². The molecule has 3 rings (SSSR count). The summed E-state index contributed by atoms with van der Waals surface area (Å²) >= 11 is 1.47. The first-order chi connectivity index (χ1) is 13.5. The fourth-order valence-corrected chi connectivity index (χ4v) is 4.76. The molecule has 0 fully saturated rings. The molecule has 0 saturated carbocycles. The van der Waals surface area contributed by atoms with Gasteiger partial charge in [0.15, 0.2) is 0 Å². The molecule has 150 valence electrons. The number of anilines is 2. The van der Waals surface area contributed by atoms with Crippen LogP contribution in [-0.4, -0.2) is 42.8 Å². The third kappa shape index (κ3) is 4.72. The molecule has 0 bridgehead atoms. The van der Waals surface area contributed by atoms with Crippen molar-refractivity contribution in [2.24, 2.45) is 0 Å². The Balaban J connectivity index is 1.77. The first kappa shape index (κ1) is 20.4. The van der Waals surface area contributed by atoms with Gasteiger partial charge in [0.25, 0.3) is 0 Å². The summed E-state index contributed by atoms with van der Waals surface area (Å²) in [6, 6.07) is 9.50. The molecule has 1 atom stereocenters. The van der Waals surface area contributed by atoms with Crippen molar-refractivity contribution in [3.63, 3.8) is 0 Å². The minimum Gasteiger partial charge on any atom is -0.462 e. The van der Waals surface area contributed by atoms with Gasteiger partial charge in [-0.05, 0) is 50.8 Å². The van der Waals surface area contributed by atoms with Crippen molar-refractivity contribution in [3.05, 3.63) is 46.3 Å². The quantitative estimate of drug-likeness (QED) is 0.663. The highest BCUT2D eigenvalue weighted by Gasteiger charge is 2.28. The fraction of sp³-hybridized carbons (Fsp3) is 0.429. The highest BCUT2D eigenvalue weighted by Crippen LogP contribution is 2.39. The van der Waals surface area contributed by atoms with Crippen molar-refractivity contribution in [3.8, 4) is 0 Å². The SMILES string of the molecule is CCOC(=O)c1c(NC(=O)CN(CC(C)O)c2ccccc2)sc2c1CCC2. The van der Waals surface area contributed by atoms with Crippen LogP contribution in [0.3, 0.4) is 0 Å². The van der Waals surface area contributed by atoms with Gasteiger partial charge in [-0.2, -0.15) is 0 Å². The van der Waals surface area contributed by atoms with Gasteiger partial charge in [0.05, 0.1) is 24.8 Å². The number of nitrogens with one attached hydrogen (secondary N) is 1. The molecule has 1 unspecified atom stereocenters. The number of aryl methyl sites for hydroxylation is 1. The molecule has 7 heteroatoms. The van der Waals surface area contributed by atoms with E-state index in [1.807, 2.05) is 35.2 Å². The molecule has 0 saturated heterocycles. The summed E-state index contributed by atoms with van der Waals surface area (Å²) in [7, 11) is 0. The summed E-state index contributed by atoms with van der Waals surface area (Å²) in [5, 5.41) is 13.3. The van der Waals surface area contributed by atoms with E-state index >= 15 is 0 Å². The molecule has 0 aliphatic heterocycles. The van der Waals surface area contributed by atoms with Crippen LogP contribution < -0.4 is 10.2 Å². The van der Waals surface area contributed by atoms with Gasteiger partial charge in [-0.15, -0.1) is 11.3 Å². The van der Waals surface area contributed by atoms with E-state index in [1.165, 1.54) is 11.3 Å². The summed E-state index contributed by atoms with van der Waals surface area (Å²) in [5.74, 6) is -0.601. The van der Waals surface area contributed by atoms with Crippen LogP contribution in [0.15, 0.2) is 30.3 Å². The lowest BCUT2D eigenvalue weighted by molar-refractivity contribution is -0.115. The number of amides is 1. The Morgan fingerprint density at radius 1 is 1.29 bits per heavy atom. The Bertz CT molecular complexity index is 832. The number of aliphatic hydroxyl groups is 1. The van der Waals surface area contributed by atoms with Crippen molar-refractivity contribution in [1.82, 2.24) is 0 Å². The topological polar surface area (TPSA) is 78.9 Å². The average Bonchev–Trinajstić information content (AvgIpc) is 3.22. The molecule has 1 amide bonds. The van der Waals surface area contributed by atoms with Crippen LogP contribution in [0.1, 0.15) is 41.1 Å². The van der Waals surface area contributed by atoms with Gasteiger partial charge in [-0.1, -0.05) is 18.2 Å². The van der Waals surface area contributed by atoms with E-state index in [9.17, 15) is 14.7 Å². The lowest BCUT2D eigenvalue weighted by Crippen LogP contribution is -2.37. The van der Waals surface area contributed by atoms with Gasteiger partial charge in [0.1, 0.15) is 5.00 Å². The van der Waals surface area contributed by atoms with Crippen LogP contribution in [0.4, 0.5) is 10.7 Å². The number of esters is 1. The van der Waals surface area contributed by atoms with Crippen LogP contribution in [0.5, 0.6) is 0 Å². The maximum absolute atomic E-state index is 12.8. The van der Waals surface area contributed by atoms with Crippen LogP contribution in [0, 0.1) is 0 Å². The zero-order valence-corrected chi connectivity index (χ0v) is 17.1. The monoisotopic (exact) mass is 402 g/mol. The minimum atomic E-state index is -0.575. The lowest BCUT2D eigenvalue weighted by atomic mass is 10.1. The molecule has 2 aromatic rings. The standard InChI is InChI=1S/C21H26N2O4S/c1-3-27-21(26)19-16-10-7-11-17(16)28-20(19)22-18(25)13-23(12-14(2)24)15-8-5-4-6-9-15/h4-6,8-9,14,24H,3,7,10-13H2,1-2H3,(H,22,25). The maximum Gasteiger partial charge on any atom is 0.341 e. The number of nitrogens with zero attached hydrogens (tertiary/aromatic N) is 1. The molecule has 6 nitrogen and oxygen atoms in total. The Morgan fingerprint density at radius 3 is 2.71 bits per heavy atom. The highest BCUT2D eigenvalue weighted by atomic mass is 32.1. The molecule has 0 radical (unpaired) electrons. The second kappa shape index (κ2) is 9.21. The number of ether oxygens (including phenoxy) is 1. The Kier molecular flexibility index (Phi) is 6.70. The molecule has 2 N–H and O–H groups in total. The maximum atomic E-state index is 12.8. The summed E-state index contributed by atoms with van der Waals surface area (Å²) in [5.41, 5.74) is 2.38. The number of fused-ring (bicyclic) bond motifs is 1. The minimum absolute atomic E-state index is 0.0831. The Labute approximate surface area is 169 Å². The molecule has 1 aromatic heterocycles. The van der Waals surface area contributed by atoms with Crippen LogP contribution >= 0.6 is 11.3 Å². The van der Waals surface area contributed by atoms with Crippen molar-refractivity contribution >= 4 is 33.9 Å². The predicted octanol–water partition coefficient (Wildman–Crippen LogP) is 3.24. The molecular formula is C21H26N2O4S. The number of hydrogen-bond donors (Lipinski definition) is 2. The second-order valence-electron chi connectivity index (χ2n) is 6.90. The summed E-state index contributed by atoms with van der Waals surface area (Å²) in [6.45, 7) is 4.18. The van der Waals surface area contributed by atoms with Gasteiger partial charge in [0.2, 0.25) is 5.91 Å². The van der Waals surface area contributed by atoms with E-state index in [4.69, 9.17) is 4.74 Å². The van der Waals surface area contributed by atoms with Crippen LogP contribution in [-0.2, 0) is 22.4 Å². The number of thiophene rings is 1. The van der Waals surface area contributed by atoms with Gasteiger partial charge in [0, 0.05) is 17.1 Å². The third-order valence-corrected chi connectivity index (χ3v) is 5.80. The van der Waals surface area contributed by atoms with E-state index in [1.54, 1.807) is 13.8 Å². The smallest absolute Gasteiger partial charge is 0.341 e. The Hall–Kier alpha value is -2.38. The molecule has 1 aromatic carbocycles. The molecular weight excluding hydrogens is 376 g/mol. The van der Waals surface area contributed by atoms with Gasteiger partial charge < -0.3 is 20.1 Å². The predicted molar refractivity (Wildman–Crippen MR) is 111 cm³/mol. The van der Waals surface area contributed by atoms with Gasteiger partial charge >= 0.3 is 5.97 Å². The van der Waals surface area contributed by atoms with Crippen molar-refractivity contribution in [1.29, 1.82) is 0 Å². The van der Waals surface area contributed by atoms with Crippen LogP contribution in [0.2, 0.25) is 0 Å². The Morgan fingerprint density at radius 2 is 2.04 bits per heavy atom. The molecule has 1 aliphatic carbocycles. The number of carbonyl (C=O) groups is 2. The molecule has 0 spiro atoms. The number of rotatable bonds is 8. The fourth-order valence-electron chi connectivity index (χ4n) is 3.47. The third-order valence-electron chi connectivity index (χ3n) is 4.59.